The number of cyclic esters (lactones) is 2. The summed E-state index contributed by atoms with van der Waals surface area (Å²) in [7, 11) is 0. The Labute approximate surface area is 268 Å². The van der Waals surface area contributed by atoms with Crippen molar-refractivity contribution in [3.63, 3.8) is 0 Å². The van der Waals surface area contributed by atoms with Crippen LogP contribution in [0.25, 0.3) is 33.4 Å². The monoisotopic (exact) mass is 718 g/mol. The lowest BCUT2D eigenvalue weighted by molar-refractivity contribution is -0.144. The lowest BCUT2D eigenvalue weighted by Gasteiger charge is -2.20. The van der Waals surface area contributed by atoms with Crippen molar-refractivity contribution in [3.8, 4) is 33.4 Å². The number of halogens is 12. The van der Waals surface area contributed by atoms with Gasteiger partial charge in [0.2, 0.25) is 0 Å². The third-order valence-corrected chi connectivity index (χ3v) is 7.65. The molecule has 0 saturated heterocycles. The van der Waals surface area contributed by atoms with Gasteiger partial charge in [-0.05, 0) is 94.0 Å². The molecule has 2 aliphatic rings. The predicted molar refractivity (Wildman–Crippen MR) is 142 cm³/mol. The number of rotatable bonds is 2. The highest BCUT2D eigenvalue weighted by molar-refractivity contribution is 6.18. The quantitative estimate of drug-likeness (QED) is 0.117. The van der Waals surface area contributed by atoms with Gasteiger partial charge < -0.3 is 9.47 Å². The zero-order valence-corrected chi connectivity index (χ0v) is 23.8. The second-order valence-electron chi connectivity index (χ2n) is 10.8. The second-order valence-corrected chi connectivity index (χ2v) is 10.8. The number of hydrogen-bond donors (Lipinski definition) is 0. The Kier molecular flexibility index (Phi) is 7.46. The van der Waals surface area contributed by atoms with Gasteiger partial charge in [-0.1, -0.05) is 0 Å². The van der Waals surface area contributed by atoms with Gasteiger partial charge in [0.25, 0.3) is 0 Å². The van der Waals surface area contributed by atoms with Crippen molar-refractivity contribution in [1.29, 1.82) is 0 Å². The van der Waals surface area contributed by atoms with Crippen LogP contribution in [0.5, 0.6) is 0 Å². The number of alkyl halides is 12. The number of carbonyl (C=O) groups excluding carboxylic acids is 4. The van der Waals surface area contributed by atoms with E-state index in [1.807, 2.05) is 0 Å². The Morgan fingerprint density at radius 2 is 0.520 bits per heavy atom. The normalized spacial score (nSPS) is 14.9. The summed E-state index contributed by atoms with van der Waals surface area (Å²) in [5, 5.41) is 0. The van der Waals surface area contributed by atoms with Crippen LogP contribution in [0.1, 0.15) is 63.7 Å². The van der Waals surface area contributed by atoms with Gasteiger partial charge in [-0.2, -0.15) is 52.7 Å². The van der Waals surface area contributed by atoms with Crippen molar-refractivity contribution >= 4 is 23.9 Å². The summed E-state index contributed by atoms with van der Waals surface area (Å²) in [6.07, 6.45) is -21.7. The smallest absolute Gasteiger partial charge is 0.386 e. The summed E-state index contributed by atoms with van der Waals surface area (Å²) in [4.78, 5) is 52.4. The molecule has 6 nitrogen and oxygen atoms in total. The molecule has 0 atom stereocenters. The molecular weight excluding hydrogens is 708 g/mol. The summed E-state index contributed by atoms with van der Waals surface area (Å²) in [5.74, 6) is -6.75. The summed E-state index contributed by atoms with van der Waals surface area (Å²) in [6, 6.07) is 2.52. The summed E-state index contributed by atoms with van der Waals surface area (Å²) in [6.45, 7) is 0. The maximum atomic E-state index is 13.9. The Bertz CT molecular complexity index is 1970. The molecule has 0 unspecified atom stereocenters. The summed E-state index contributed by atoms with van der Waals surface area (Å²) >= 11 is 0. The number of hydrogen-bond acceptors (Lipinski definition) is 6. The van der Waals surface area contributed by atoms with Gasteiger partial charge >= 0.3 is 48.6 Å². The maximum absolute atomic E-state index is 13.9. The van der Waals surface area contributed by atoms with Gasteiger partial charge in [-0.15, -0.1) is 0 Å². The third kappa shape index (κ3) is 5.94. The Balaban J connectivity index is 1.82. The average molecular weight is 718 g/mol. The molecule has 2 aliphatic heterocycles. The Morgan fingerprint density at radius 3 is 0.740 bits per heavy atom. The van der Waals surface area contributed by atoms with Gasteiger partial charge in [0.15, 0.2) is 0 Å². The van der Waals surface area contributed by atoms with Crippen LogP contribution in [0, 0.1) is 0 Å². The minimum atomic E-state index is -5.42. The highest BCUT2D eigenvalue weighted by Crippen LogP contribution is 2.47. The van der Waals surface area contributed by atoms with E-state index in [2.05, 4.69) is 0 Å². The molecule has 4 bridgehead atoms. The maximum Gasteiger partial charge on any atom is 0.416 e. The fourth-order valence-corrected chi connectivity index (χ4v) is 5.41. The van der Waals surface area contributed by atoms with Crippen molar-refractivity contribution in [2.45, 2.75) is 24.7 Å². The Morgan fingerprint density at radius 1 is 0.300 bits per heavy atom. The molecule has 0 fully saturated rings. The first kappa shape index (κ1) is 34.2. The predicted octanol–water partition coefficient (Wildman–Crippen LogP) is 9.38. The van der Waals surface area contributed by atoms with Crippen molar-refractivity contribution in [2.75, 3.05) is 0 Å². The van der Waals surface area contributed by atoms with E-state index < -0.39 is 126 Å². The molecule has 0 aliphatic carbocycles. The van der Waals surface area contributed by atoms with Crippen LogP contribution in [0.15, 0.2) is 60.7 Å². The molecule has 18 heteroatoms. The first-order chi connectivity index (χ1) is 22.9. The number of benzene rings is 4. The zero-order valence-electron chi connectivity index (χ0n) is 23.8. The van der Waals surface area contributed by atoms with Crippen molar-refractivity contribution < 1.29 is 81.3 Å². The van der Waals surface area contributed by atoms with Crippen LogP contribution in [0.2, 0.25) is 0 Å². The molecule has 50 heavy (non-hydrogen) atoms. The molecule has 0 saturated carbocycles. The zero-order chi connectivity index (χ0) is 36.9. The summed E-state index contributed by atoms with van der Waals surface area (Å²) in [5.41, 5.74) is -16.2. The van der Waals surface area contributed by atoms with Gasteiger partial charge in [0, 0.05) is 0 Å². The molecule has 4 aromatic carbocycles. The fraction of sp³-hybridized carbons (Fsp3) is 0.125. The van der Waals surface area contributed by atoms with E-state index in [0.717, 1.165) is 0 Å². The van der Waals surface area contributed by atoms with Crippen LogP contribution >= 0.6 is 0 Å². The lowest BCUT2D eigenvalue weighted by Crippen LogP contribution is -2.23. The van der Waals surface area contributed by atoms with Gasteiger partial charge in [0.05, 0.1) is 44.5 Å². The summed E-state index contributed by atoms with van der Waals surface area (Å²) < 4.78 is 176. The standard InChI is InChI=1S/C32H10F12O6/c33-29(34,35)13-1-11(2-14(5-13)30(36,37)38)17-7-21-23-9-19(17)20-10-24(28(48)50-27(23)47)22(26(46)49-25(21)45)8-18(20)12-3-15(31(39,40)41)6-16(4-12)32(42,43)44/h1-10H. The van der Waals surface area contributed by atoms with E-state index in [4.69, 9.17) is 9.47 Å². The van der Waals surface area contributed by atoms with Crippen LogP contribution in [0.3, 0.4) is 0 Å². The third-order valence-electron chi connectivity index (χ3n) is 7.65. The van der Waals surface area contributed by atoms with Crippen LogP contribution < -0.4 is 0 Å². The van der Waals surface area contributed by atoms with Gasteiger partial charge in [0.1, 0.15) is 0 Å². The number of ether oxygens (including phenoxy) is 2. The Hall–Kier alpha value is -5.68. The first-order valence-corrected chi connectivity index (χ1v) is 13.4. The average Bonchev–Trinajstić information content (AvgIpc) is 3.02. The van der Waals surface area contributed by atoms with Crippen LogP contribution in [-0.2, 0) is 34.2 Å². The van der Waals surface area contributed by atoms with E-state index in [-0.39, 0.29) is 36.4 Å². The van der Waals surface area contributed by atoms with E-state index >= 15 is 0 Å². The van der Waals surface area contributed by atoms with Crippen molar-refractivity contribution in [2.24, 2.45) is 0 Å². The molecule has 0 aromatic heterocycles. The van der Waals surface area contributed by atoms with E-state index in [9.17, 15) is 71.9 Å². The van der Waals surface area contributed by atoms with Gasteiger partial charge in [-0.25, -0.2) is 19.2 Å². The highest BCUT2D eigenvalue weighted by atomic mass is 19.4. The van der Waals surface area contributed by atoms with Gasteiger partial charge in [-0.3, -0.25) is 0 Å². The molecular formula is C32H10F12O6. The molecule has 258 valence electrons. The fourth-order valence-electron chi connectivity index (χ4n) is 5.41. The van der Waals surface area contributed by atoms with E-state index in [1.54, 1.807) is 0 Å². The molecule has 0 spiro atoms. The second kappa shape index (κ2) is 10.9. The lowest BCUT2D eigenvalue weighted by atomic mass is 9.84. The largest absolute Gasteiger partial charge is 0.416 e. The highest BCUT2D eigenvalue weighted by Gasteiger charge is 2.41. The molecule has 0 N–H and O–H groups in total. The first-order valence-electron chi connectivity index (χ1n) is 13.4. The molecule has 0 radical (unpaired) electrons. The minimum absolute atomic E-state index is 0.192. The van der Waals surface area contributed by atoms with Crippen LogP contribution in [-0.4, -0.2) is 23.9 Å². The number of fused-ring (bicyclic) bond motifs is 5. The molecule has 2 heterocycles. The number of esters is 4. The minimum Gasteiger partial charge on any atom is -0.386 e. The number of carbonyl (C=O) groups is 4. The molecule has 0 amide bonds. The van der Waals surface area contributed by atoms with E-state index in [1.165, 1.54) is 0 Å². The van der Waals surface area contributed by atoms with Crippen LogP contribution in [0.4, 0.5) is 52.7 Å². The topological polar surface area (TPSA) is 86.7 Å². The van der Waals surface area contributed by atoms with Crippen molar-refractivity contribution in [3.05, 3.63) is 105 Å². The van der Waals surface area contributed by atoms with Crippen molar-refractivity contribution in [1.82, 2.24) is 0 Å². The van der Waals surface area contributed by atoms with E-state index in [0.29, 0.717) is 24.3 Å². The SMILES string of the molecule is O=C1OC(=O)c2cc(-c3cc(C(F)(F)F)cc(C(F)(F)F)c3)c3cc2C(=O)OC(=O)c2cc-3c(-c3cc(C(F)(F)F)cc(C(F)(F)F)c3)cc21. The molecule has 4 aromatic rings. The molecule has 6 rings (SSSR count).